The summed E-state index contributed by atoms with van der Waals surface area (Å²) in [7, 11) is 0. The average Bonchev–Trinajstić information content (AvgIpc) is 2.43. The van der Waals surface area contributed by atoms with E-state index in [2.05, 4.69) is 22.3 Å². The van der Waals surface area contributed by atoms with Gasteiger partial charge in [0, 0.05) is 11.4 Å². The minimum absolute atomic E-state index is 0.125. The molecular weight excluding hydrogens is 358 g/mol. The van der Waals surface area contributed by atoms with Gasteiger partial charge in [0.15, 0.2) is 0 Å². The van der Waals surface area contributed by atoms with Gasteiger partial charge in [-0.2, -0.15) is 0 Å². The molecule has 1 aromatic carbocycles. The molecular formula is C16H25F2NOSZn. The Morgan fingerprint density at radius 3 is 2.32 bits per heavy atom. The van der Waals surface area contributed by atoms with E-state index in [-0.39, 0.29) is 22.7 Å². The van der Waals surface area contributed by atoms with Crippen LogP contribution in [0.25, 0.3) is 0 Å². The molecule has 0 fully saturated rings. The number of nitrogens with one attached hydrogen (secondary N) is 1. The van der Waals surface area contributed by atoms with Crippen molar-refractivity contribution in [1.82, 2.24) is 4.72 Å². The number of hydrogen-bond donors (Lipinski definition) is 1. The van der Waals surface area contributed by atoms with Crippen LogP contribution in [0.15, 0.2) is 30.9 Å². The molecule has 0 aliphatic rings. The quantitative estimate of drug-likeness (QED) is 0.453. The fourth-order valence-electron chi connectivity index (χ4n) is 1.48. The standard InChI is InChI=1S/C14H19F2NOS.2CH3.Zn/c1-5-13(17-19(18)14(2,3)4)11-6-10(9-15)7-12(16)8-11;;;/h5-8,13,17H,1,9H2,2-4H3;2*1H3;/t13-,19-;;;/m1.../s1. The van der Waals surface area contributed by atoms with Gasteiger partial charge in [0.05, 0.1) is 6.04 Å². The Kier molecular flexibility index (Phi) is 10.3. The van der Waals surface area contributed by atoms with Crippen molar-refractivity contribution in [2.75, 3.05) is 0 Å². The number of halogens is 2. The van der Waals surface area contributed by atoms with Crippen LogP contribution in [0, 0.1) is 5.82 Å². The van der Waals surface area contributed by atoms with Crippen LogP contribution in [-0.2, 0) is 35.2 Å². The Morgan fingerprint density at radius 1 is 1.36 bits per heavy atom. The van der Waals surface area contributed by atoms with Gasteiger partial charge in [0.25, 0.3) is 0 Å². The van der Waals surface area contributed by atoms with Crippen LogP contribution in [0.1, 0.15) is 37.9 Å². The molecule has 0 saturated heterocycles. The number of hydrogen-bond acceptors (Lipinski definition) is 2. The van der Waals surface area contributed by atoms with Gasteiger partial charge in [-0.05, 0) is 44.0 Å². The summed E-state index contributed by atoms with van der Waals surface area (Å²) in [6, 6.07) is 3.49. The van der Waals surface area contributed by atoms with Gasteiger partial charge in [-0.3, -0.25) is 0 Å². The predicted octanol–water partition coefficient (Wildman–Crippen LogP) is 4.74. The molecule has 0 amide bonds. The van der Waals surface area contributed by atoms with Crippen LogP contribution >= 0.6 is 0 Å². The Balaban J connectivity index is 0.00000135. The van der Waals surface area contributed by atoms with Gasteiger partial charge in [0.2, 0.25) is 0 Å². The Morgan fingerprint density at radius 2 is 1.91 bits per heavy atom. The van der Waals surface area contributed by atoms with Crippen LogP contribution in [-0.4, -0.2) is 9.30 Å². The third-order valence-electron chi connectivity index (χ3n) is 2.52. The first kappa shape index (κ1) is 21.7. The summed E-state index contributed by atoms with van der Waals surface area (Å²) in [5.41, 5.74) is 5.39. The molecule has 6 heteroatoms. The van der Waals surface area contributed by atoms with Gasteiger partial charge < -0.3 is 4.55 Å². The molecule has 0 bridgehead atoms. The van der Waals surface area contributed by atoms with Crippen LogP contribution in [0.3, 0.4) is 0 Å². The summed E-state index contributed by atoms with van der Waals surface area (Å²) in [6.45, 7) is 8.39. The van der Waals surface area contributed by atoms with E-state index in [1.165, 1.54) is 12.1 Å². The van der Waals surface area contributed by atoms with Crippen LogP contribution in [0.4, 0.5) is 8.78 Å². The van der Waals surface area contributed by atoms with Crippen molar-refractivity contribution < 1.29 is 30.5 Å². The molecule has 122 valence electrons. The molecule has 0 heterocycles. The van der Waals surface area contributed by atoms with E-state index in [9.17, 15) is 13.3 Å². The first-order valence-electron chi connectivity index (χ1n) is 7.35. The second-order valence-electron chi connectivity index (χ2n) is 5.95. The Bertz CT molecular complexity index is 466. The molecule has 2 atom stereocenters. The first-order chi connectivity index (χ1) is 10.2. The third-order valence-corrected chi connectivity index (χ3v) is 4.10. The molecule has 0 unspecified atom stereocenters. The molecule has 1 N–H and O–H groups in total. The van der Waals surface area contributed by atoms with E-state index in [4.69, 9.17) is 0 Å². The summed E-state index contributed by atoms with van der Waals surface area (Å²) in [6.07, 6.45) is 1.53. The van der Waals surface area contributed by atoms with Crippen LogP contribution < -0.4 is 4.72 Å². The van der Waals surface area contributed by atoms with E-state index in [0.29, 0.717) is 5.56 Å². The number of rotatable bonds is 5. The molecule has 0 spiro atoms. The van der Waals surface area contributed by atoms with Crippen molar-refractivity contribution in [3.05, 3.63) is 47.8 Å². The van der Waals surface area contributed by atoms with Crippen molar-refractivity contribution in [3.8, 4) is 0 Å². The van der Waals surface area contributed by atoms with E-state index in [1.807, 2.05) is 20.8 Å². The predicted molar refractivity (Wildman–Crippen MR) is 86.9 cm³/mol. The van der Waals surface area contributed by atoms with Gasteiger partial charge in [-0.15, -0.1) is 11.3 Å². The summed E-state index contributed by atoms with van der Waals surface area (Å²) >= 11 is -1.20. The summed E-state index contributed by atoms with van der Waals surface area (Å²) in [5.74, 6) is -0.514. The summed E-state index contributed by atoms with van der Waals surface area (Å²) in [5, 5.41) is 0. The molecule has 0 aromatic heterocycles. The molecule has 1 aromatic rings. The van der Waals surface area contributed by atoms with Gasteiger partial charge in [0.1, 0.15) is 17.2 Å². The van der Waals surface area contributed by atoms with Gasteiger partial charge in [-0.1, -0.05) is 12.1 Å². The first-order valence-corrected chi connectivity index (χ1v) is 14.4. The maximum absolute atomic E-state index is 13.4. The molecule has 22 heavy (non-hydrogen) atoms. The zero-order chi connectivity index (χ0) is 17.3. The summed E-state index contributed by atoms with van der Waals surface area (Å²) in [4.78, 5) is 0. The van der Waals surface area contributed by atoms with Crippen molar-refractivity contribution >= 4 is 11.4 Å². The number of benzene rings is 1. The molecule has 0 saturated carbocycles. The molecule has 0 aliphatic carbocycles. The minimum atomic E-state index is -1.32. The molecule has 0 radical (unpaired) electrons. The fourth-order valence-corrected chi connectivity index (χ4v) is 2.29. The van der Waals surface area contributed by atoms with E-state index in [0.717, 1.165) is 6.07 Å². The van der Waals surface area contributed by atoms with Crippen LogP contribution in [0.5, 0.6) is 0 Å². The maximum atomic E-state index is 13.4. The zero-order valence-electron chi connectivity index (χ0n) is 14.1. The Labute approximate surface area is 143 Å². The van der Waals surface area contributed by atoms with E-state index < -0.39 is 34.6 Å². The molecule has 2 nitrogen and oxygen atoms in total. The van der Waals surface area contributed by atoms with Crippen molar-refractivity contribution in [2.24, 2.45) is 0 Å². The van der Waals surface area contributed by atoms with Crippen molar-refractivity contribution in [1.29, 1.82) is 0 Å². The van der Waals surface area contributed by atoms with Gasteiger partial charge >= 0.3 is 28.2 Å². The number of alkyl halides is 1. The van der Waals surface area contributed by atoms with E-state index >= 15 is 0 Å². The Hall–Kier alpha value is -0.287. The van der Waals surface area contributed by atoms with Gasteiger partial charge in [-0.25, -0.2) is 8.78 Å². The normalized spacial score (nSPS) is 13.5. The SMILES string of the molecule is C=C[C@@H](N[S@+]([O-])C(C)(C)C)c1cc(F)cc(CF)c1.[CH3][Zn][CH3]. The second-order valence-corrected chi connectivity index (χ2v) is 10.9. The van der Waals surface area contributed by atoms with Crippen LogP contribution in [0.2, 0.25) is 11.0 Å². The average molecular weight is 383 g/mol. The summed E-state index contributed by atoms with van der Waals surface area (Å²) < 4.78 is 40.5. The fraction of sp³-hybridized carbons (Fsp3) is 0.500. The second kappa shape index (κ2) is 10.5. The zero-order valence-corrected chi connectivity index (χ0v) is 17.9. The topological polar surface area (TPSA) is 35.1 Å². The van der Waals surface area contributed by atoms with Crippen molar-refractivity contribution in [2.45, 2.75) is 49.3 Å². The van der Waals surface area contributed by atoms with Crippen molar-refractivity contribution in [3.63, 3.8) is 0 Å². The third kappa shape index (κ3) is 7.82. The molecule has 0 aliphatic heterocycles. The van der Waals surface area contributed by atoms with E-state index in [1.54, 1.807) is 6.07 Å². The molecule has 1 rings (SSSR count). The monoisotopic (exact) mass is 381 g/mol.